The largest absolute Gasteiger partial charge is 0.463 e. The molecule has 25 heavy (non-hydrogen) atoms. The summed E-state index contributed by atoms with van der Waals surface area (Å²) in [7, 11) is 0. The smallest absolute Gasteiger partial charge is 0.302 e. The van der Waals surface area contributed by atoms with E-state index < -0.39 is 18.4 Å². The Kier molecular flexibility index (Phi) is 7.09. The van der Waals surface area contributed by atoms with Crippen LogP contribution in [0.25, 0.3) is 0 Å². The van der Waals surface area contributed by atoms with Crippen molar-refractivity contribution < 1.29 is 33.3 Å². The van der Waals surface area contributed by atoms with Crippen molar-refractivity contribution in [1.29, 1.82) is 0 Å². The van der Waals surface area contributed by atoms with Crippen LogP contribution < -0.4 is 0 Å². The van der Waals surface area contributed by atoms with E-state index in [1.54, 1.807) is 24.3 Å². The van der Waals surface area contributed by atoms with Gasteiger partial charge >= 0.3 is 11.9 Å². The molecule has 1 aromatic rings. The Balaban J connectivity index is 1.92. The zero-order chi connectivity index (χ0) is 18.2. The monoisotopic (exact) mass is 350 g/mol. The van der Waals surface area contributed by atoms with Gasteiger partial charge in [-0.05, 0) is 5.56 Å². The van der Waals surface area contributed by atoms with E-state index in [2.05, 4.69) is 0 Å². The zero-order valence-electron chi connectivity index (χ0n) is 14.3. The van der Waals surface area contributed by atoms with Crippen LogP contribution in [-0.2, 0) is 35.1 Å². The maximum absolute atomic E-state index is 11.2. The Hall–Kier alpha value is -2.25. The average Bonchev–Trinajstić information content (AvgIpc) is 2.58. The van der Waals surface area contributed by atoms with Gasteiger partial charge in [0.2, 0.25) is 0 Å². The summed E-state index contributed by atoms with van der Waals surface area (Å²) in [6, 6.07) is 7.01. The molecule has 0 aliphatic carbocycles. The molecule has 136 valence electrons. The Morgan fingerprint density at radius 1 is 1.16 bits per heavy atom. The van der Waals surface area contributed by atoms with Gasteiger partial charge < -0.3 is 18.9 Å². The minimum Gasteiger partial charge on any atom is -0.463 e. The third-order valence-electron chi connectivity index (χ3n) is 3.68. The molecule has 1 aliphatic rings. The number of esters is 2. The van der Waals surface area contributed by atoms with Crippen LogP contribution in [0.2, 0.25) is 0 Å². The number of carbonyl (C=O) groups is 3. The first-order valence-electron chi connectivity index (χ1n) is 8.08. The summed E-state index contributed by atoms with van der Waals surface area (Å²) in [5.41, 5.74) is 1.48. The van der Waals surface area contributed by atoms with E-state index in [-0.39, 0.29) is 25.3 Å². The van der Waals surface area contributed by atoms with Crippen molar-refractivity contribution in [3.63, 3.8) is 0 Å². The SMILES string of the molecule is CC(=O)OCC1CC(OC(C)=O)CC(OCc2ccc(C=O)cc2)O1. The van der Waals surface area contributed by atoms with Crippen LogP contribution in [0.3, 0.4) is 0 Å². The minimum absolute atomic E-state index is 0.0843. The predicted molar refractivity (Wildman–Crippen MR) is 86.7 cm³/mol. The normalized spacial score (nSPS) is 22.9. The molecule has 0 N–H and O–H groups in total. The molecule has 0 spiro atoms. The van der Waals surface area contributed by atoms with Gasteiger partial charge in [-0.1, -0.05) is 24.3 Å². The Morgan fingerprint density at radius 2 is 1.88 bits per heavy atom. The number of aldehydes is 1. The van der Waals surface area contributed by atoms with Gasteiger partial charge in [-0.2, -0.15) is 0 Å². The summed E-state index contributed by atoms with van der Waals surface area (Å²) in [5.74, 6) is -0.771. The first-order valence-corrected chi connectivity index (χ1v) is 8.08. The topological polar surface area (TPSA) is 88.1 Å². The summed E-state index contributed by atoms with van der Waals surface area (Å²) in [4.78, 5) is 32.8. The molecule has 1 fully saturated rings. The number of hydrogen-bond donors (Lipinski definition) is 0. The molecule has 0 bridgehead atoms. The van der Waals surface area contributed by atoms with E-state index in [1.165, 1.54) is 13.8 Å². The number of rotatable bonds is 7. The lowest BCUT2D eigenvalue weighted by molar-refractivity contribution is -0.233. The lowest BCUT2D eigenvalue weighted by Crippen LogP contribution is -2.41. The van der Waals surface area contributed by atoms with Crippen molar-refractivity contribution in [2.75, 3.05) is 6.61 Å². The maximum atomic E-state index is 11.2. The molecule has 1 heterocycles. The highest BCUT2D eigenvalue weighted by molar-refractivity contribution is 5.74. The molecule has 7 nitrogen and oxygen atoms in total. The van der Waals surface area contributed by atoms with Crippen molar-refractivity contribution in [3.05, 3.63) is 35.4 Å². The van der Waals surface area contributed by atoms with Gasteiger partial charge in [0.05, 0.1) is 12.7 Å². The van der Waals surface area contributed by atoms with Gasteiger partial charge in [0.1, 0.15) is 19.0 Å². The van der Waals surface area contributed by atoms with Crippen LogP contribution in [0, 0.1) is 0 Å². The Bertz CT molecular complexity index is 596. The van der Waals surface area contributed by atoms with E-state index in [9.17, 15) is 14.4 Å². The first-order chi connectivity index (χ1) is 12.0. The molecule has 0 amide bonds. The quantitative estimate of drug-likeness (QED) is 0.549. The second-order valence-corrected chi connectivity index (χ2v) is 5.86. The van der Waals surface area contributed by atoms with Crippen molar-refractivity contribution in [1.82, 2.24) is 0 Å². The van der Waals surface area contributed by atoms with Gasteiger partial charge in [0.15, 0.2) is 6.29 Å². The Morgan fingerprint density at radius 3 is 2.48 bits per heavy atom. The standard InChI is InChI=1S/C18H22O7/c1-12(20)22-11-17-7-16(24-13(2)21)8-18(25-17)23-10-15-5-3-14(9-19)4-6-15/h3-6,9,16-18H,7-8,10-11H2,1-2H3. The molecule has 2 rings (SSSR count). The fourth-order valence-corrected chi connectivity index (χ4v) is 2.57. The fourth-order valence-electron chi connectivity index (χ4n) is 2.57. The van der Waals surface area contributed by atoms with E-state index in [0.29, 0.717) is 18.4 Å². The molecule has 3 atom stereocenters. The molecule has 1 aromatic carbocycles. The van der Waals surface area contributed by atoms with Crippen LogP contribution in [-0.4, -0.2) is 43.3 Å². The summed E-state index contributed by atoms with van der Waals surface area (Å²) >= 11 is 0. The van der Waals surface area contributed by atoms with Gasteiger partial charge in [-0.15, -0.1) is 0 Å². The van der Waals surface area contributed by atoms with Gasteiger partial charge in [-0.25, -0.2) is 0 Å². The number of hydrogen-bond acceptors (Lipinski definition) is 7. The highest BCUT2D eigenvalue weighted by Crippen LogP contribution is 2.24. The highest BCUT2D eigenvalue weighted by atomic mass is 16.7. The number of benzene rings is 1. The molecule has 0 radical (unpaired) electrons. The second-order valence-electron chi connectivity index (χ2n) is 5.86. The van der Waals surface area contributed by atoms with Crippen LogP contribution in [0.15, 0.2) is 24.3 Å². The molecule has 1 aliphatic heterocycles. The van der Waals surface area contributed by atoms with Crippen LogP contribution in [0.4, 0.5) is 0 Å². The van der Waals surface area contributed by atoms with Crippen LogP contribution >= 0.6 is 0 Å². The summed E-state index contributed by atoms with van der Waals surface area (Å²) < 4.78 is 21.8. The van der Waals surface area contributed by atoms with E-state index >= 15 is 0 Å². The average molecular weight is 350 g/mol. The number of ether oxygens (including phenoxy) is 4. The molecule has 3 unspecified atom stereocenters. The summed E-state index contributed by atoms with van der Waals surface area (Å²) in [5, 5.41) is 0. The minimum atomic E-state index is -0.579. The van der Waals surface area contributed by atoms with Crippen molar-refractivity contribution in [2.45, 2.75) is 51.8 Å². The third-order valence-corrected chi connectivity index (χ3v) is 3.68. The van der Waals surface area contributed by atoms with Crippen LogP contribution in [0.1, 0.15) is 42.6 Å². The molecule has 1 saturated heterocycles. The number of carbonyl (C=O) groups excluding carboxylic acids is 3. The molecule has 0 aromatic heterocycles. The zero-order valence-corrected chi connectivity index (χ0v) is 14.3. The maximum Gasteiger partial charge on any atom is 0.302 e. The summed E-state index contributed by atoms with van der Waals surface area (Å²) in [6.45, 7) is 3.04. The molecule has 7 heteroatoms. The van der Waals surface area contributed by atoms with Gasteiger partial charge in [0, 0.05) is 32.3 Å². The lowest BCUT2D eigenvalue weighted by Gasteiger charge is -2.34. The molecular weight excluding hydrogens is 328 g/mol. The van der Waals surface area contributed by atoms with Gasteiger partial charge in [-0.3, -0.25) is 14.4 Å². The first kappa shape index (κ1) is 19.1. The second kappa shape index (κ2) is 9.29. The fraction of sp³-hybridized carbons (Fsp3) is 0.500. The lowest BCUT2D eigenvalue weighted by atomic mass is 10.1. The Labute approximate surface area is 146 Å². The highest BCUT2D eigenvalue weighted by Gasteiger charge is 2.32. The predicted octanol–water partition coefficient (Wildman–Crippen LogP) is 2.02. The van der Waals surface area contributed by atoms with Crippen molar-refractivity contribution in [2.24, 2.45) is 0 Å². The molecular formula is C18H22O7. The third kappa shape index (κ3) is 6.64. The van der Waals surface area contributed by atoms with Crippen molar-refractivity contribution in [3.8, 4) is 0 Å². The van der Waals surface area contributed by atoms with E-state index in [1.807, 2.05) is 0 Å². The van der Waals surface area contributed by atoms with Gasteiger partial charge in [0.25, 0.3) is 0 Å². The molecule has 0 saturated carbocycles. The van der Waals surface area contributed by atoms with E-state index in [4.69, 9.17) is 18.9 Å². The summed E-state index contributed by atoms with van der Waals surface area (Å²) in [6.07, 6.45) is 0.296. The van der Waals surface area contributed by atoms with Crippen LogP contribution in [0.5, 0.6) is 0 Å². The van der Waals surface area contributed by atoms with E-state index in [0.717, 1.165) is 11.8 Å². The van der Waals surface area contributed by atoms with Crippen molar-refractivity contribution >= 4 is 18.2 Å².